The van der Waals surface area contributed by atoms with Crippen LogP contribution in [-0.4, -0.2) is 42.1 Å². The third-order valence-corrected chi connectivity index (χ3v) is 5.36. The molecule has 2 N–H and O–H groups in total. The van der Waals surface area contributed by atoms with Gasteiger partial charge in [0.2, 0.25) is 0 Å². The molecule has 1 aliphatic rings. The number of urea groups is 1. The normalized spacial score (nSPS) is 17.1. The lowest BCUT2D eigenvalue weighted by Crippen LogP contribution is -2.42. The second-order valence-corrected chi connectivity index (χ2v) is 7.21. The Morgan fingerprint density at radius 2 is 2.23 bits per heavy atom. The van der Waals surface area contributed by atoms with Gasteiger partial charge >= 0.3 is 6.03 Å². The Balaban J connectivity index is 1.59. The monoisotopic (exact) mass is 337 g/mol. The van der Waals surface area contributed by atoms with Crippen LogP contribution in [0.1, 0.15) is 11.6 Å². The highest BCUT2D eigenvalue weighted by molar-refractivity contribution is 7.99. The van der Waals surface area contributed by atoms with E-state index in [9.17, 15) is 4.79 Å². The molecule has 3 rings (SSSR count). The zero-order valence-electron chi connectivity index (χ0n) is 12.2. The van der Waals surface area contributed by atoms with Crippen LogP contribution in [0.15, 0.2) is 40.5 Å². The Labute approximate surface area is 138 Å². The Kier molecular flexibility index (Phi) is 5.42. The number of nitrogens with one attached hydrogen (secondary N) is 2. The maximum absolute atomic E-state index is 12.0. The minimum absolute atomic E-state index is 0.161. The summed E-state index contributed by atoms with van der Waals surface area (Å²) in [4.78, 5) is 14.4. The number of rotatable bonds is 5. The van der Waals surface area contributed by atoms with Crippen molar-refractivity contribution in [2.75, 3.05) is 36.5 Å². The van der Waals surface area contributed by atoms with Gasteiger partial charge in [0.05, 0.1) is 23.6 Å². The average Bonchev–Trinajstić information content (AvgIpc) is 3.22. The first kappa shape index (κ1) is 15.5. The summed E-state index contributed by atoms with van der Waals surface area (Å²) in [5.41, 5.74) is 1.11. The number of furan rings is 1. The van der Waals surface area contributed by atoms with Crippen molar-refractivity contribution in [3.63, 3.8) is 0 Å². The fourth-order valence-corrected chi connectivity index (χ4v) is 4.05. The molecule has 5 nitrogen and oxygen atoms in total. The molecule has 1 atom stereocenters. The summed E-state index contributed by atoms with van der Waals surface area (Å²) in [6, 6.07) is 5.78. The molecule has 0 spiro atoms. The van der Waals surface area contributed by atoms with E-state index in [0.717, 1.165) is 35.2 Å². The maximum atomic E-state index is 12.0. The van der Waals surface area contributed by atoms with E-state index < -0.39 is 0 Å². The highest BCUT2D eigenvalue weighted by Gasteiger charge is 2.23. The molecule has 2 aromatic heterocycles. The lowest BCUT2D eigenvalue weighted by Gasteiger charge is -2.33. The Hall–Kier alpha value is -1.44. The third-order valence-electron chi connectivity index (χ3n) is 3.63. The maximum Gasteiger partial charge on any atom is 0.319 e. The van der Waals surface area contributed by atoms with E-state index in [-0.39, 0.29) is 12.1 Å². The SMILES string of the molecule is O=C(NCC(c1ccoc1)N1CCSCC1)Nc1cccs1. The number of thiophene rings is 1. The van der Waals surface area contributed by atoms with Crippen molar-refractivity contribution in [1.82, 2.24) is 10.2 Å². The molecule has 22 heavy (non-hydrogen) atoms. The van der Waals surface area contributed by atoms with Crippen molar-refractivity contribution in [1.29, 1.82) is 0 Å². The van der Waals surface area contributed by atoms with Crippen molar-refractivity contribution in [3.8, 4) is 0 Å². The topological polar surface area (TPSA) is 57.5 Å². The molecular formula is C15H19N3O2S2. The number of hydrogen-bond donors (Lipinski definition) is 2. The van der Waals surface area contributed by atoms with Gasteiger partial charge in [-0.25, -0.2) is 4.79 Å². The van der Waals surface area contributed by atoms with Crippen molar-refractivity contribution >= 4 is 34.1 Å². The van der Waals surface area contributed by atoms with Crippen LogP contribution >= 0.6 is 23.1 Å². The first-order chi connectivity index (χ1) is 10.8. The van der Waals surface area contributed by atoms with Gasteiger partial charge in [0.25, 0.3) is 0 Å². The molecule has 0 radical (unpaired) electrons. The van der Waals surface area contributed by atoms with E-state index in [1.165, 1.54) is 11.3 Å². The summed E-state index contributed by atoms with van der Waals surface area (Å²) in [7, 11) is 0. The van der Waals surface area contributed by atoms with Crippen molar-refractivity contribution in [2.24, 2.45) is 0 Å². The minimum atomic E-state index is -0.165. The van der Waals surface area contributed by atoms with E-state index in [0.29, 0.717) is 6.54 Å². The number of anilines is 1. The number of hydrogen-bond acceptors (Lipinski definition) is 5. The summed E-state index contributed by atoms with van der Waals surface area (Å²) in [6.07, 6.45) is 3.46. The molecule has 0 saturated carbocycles. The molecule has 0 aromatic carbocycles. The Bertz CT molecular complexity index is 566. The van der Waals surface area contributed by atoms with Crippen LogP contribution < -0.4 is 10.6 Å². The van der Waals surface area contributed by atoms with E-state index in [2.05, 4.69) is 15.5 Å². The van der Waals surface area contributed by atoms with Gasteiger partial charge in [-0.1, -0.05) is 0 Å². The molecule has 1 fully saturated rings. The molecule has 7 heteroatoms. The summed E-state index contributed by atoms with van der Waals surface area (Å²) in [6.45, 7) is 2.64. The fourth-order valence-electron chi connectivity index (χ4n) is 2.51. The number of carbonyl (C=O) groups is 1. The molecule has 118 valence electrons. The van der Waals surface area contributed by atoms with E-state index in [1.54, 1.807) is 12.5 Å². The molecule has 2 amide bonds. The third kappa shape index (κ3) is 4.06. The van der Waals surface area contributed by atoms with Crippen molar-refractivity contribution in [3.05, 3.63) is 41.7 Å². The summed E-state index contributed by atoms with van der Waals surface area (Å²) in [5, 5.41) is 8.61. The fraction of sp³-hybridized carbons (Fsp3) is 0.400. The quantitative estimate of drug-likeness (QED) is 0.879. The van der Waals surface area contributed by atoms with Crippen LogP contribution in [0, 0.1) is 0 Å². The number of nitrogens with zero attached hydrogens (tertiary/aromatic N) is 1. The van der Waals surface area contributed by atoms with Gasteiger partial charge in [-0.3, -0.25) is 10.2 Å². The van der Waals surface area contributed by atoms with Crippen molar-refractivity contribution in [2.45, 2.75) is 6.04 Å². The Morgan fingerprint density at radius 3 is 2.91 bits per heavy atom. The largest absolute Gasteiger partial charge is 0.472 e. The van der Waals surface area contributed by atoms with Gasteiger partial charge in [0.1, 0.15) is 0 Å². The molecular weight excluding hydrogens is 318 g/mol. The van der Waals surface area contributed by atoms with E-state index in [1.807, 2.05) is 35.3 Å². The summed E-state index contributed by atoms with van der Waals surface area (Å²) in [5.74, 6) is 2.27. The number of amides is 2. The van der Waals surface area contributed by atoms with Gasteiger partial charge in [-0.2, -0.15) is 11.8 Å². The highest BCUT2D eigenvalue weighted by atomic mass is 32.2. The molecule has 3 heterocycles. The molecule has 2 aromatic rings. The van der Waals surface area contributed by atoms with Gasteiger partial charge in [0, 0.05) is 36.7 Å². The highest BCUT2D eigenvalue weighted by Crippen LogP contribution is 2.24. The predicted octanol–water partition coefficient (Wildman–Crippen LogP) is 3.25. The molecule has 1 saturated heterocycles. The first-order valence-corrected chi connectivity index (χ1v) is 9.28. The Morgan fingerprint density at radius 1 is 1.36 bits per heavy atom. The second-order valence-electron chi connectivity index (χ2n) is 5.03. The molecule has 1 unspecified atom stereocenters. The van der Waals surface area contributed by atoms with Crippen molar-refractivity contribution < 1.29 is 9.21 Å². The van der Waals surface area contributed by atoms with Gasteiger partial charge in [0.15, 0.2) is 0 Å². The summed E-state index contributed by atoms with van der Waals surface area (Å²) >= 11 is 3.49. The van der Waals surface area contributed by atoms with Crippen LogP contribution in [0.2, 0.25) is 0 Å². The zero-order chi connectivity index (χ0) is 15.2. The van der Waals surface area contributed by atoms with E-state index in [4.69, 9.17) is 4.42 Å². The van der Waals surface area contributed by atoms with Crippen LogP contribution in [0.4, 0.5) is 9.80 Å². The predicted molar refractivity (Wildman–Crippen MR) is 91.7 cm³/mol. The van der Waals surface area contributed by atoms with Crippen LogP contribution in [0.5, 0.6) is 0 Å². The second kappa shape index (κ2) is 7.71. The van der Waals surface area contributed by atoms with E-state index >= 15 is 0 Å². The van der Waals surface area contributed by atoms with Gasteiger partial charge in [-0.15, -0.1) is 11.3 Å². The minimum Gasteiger partial charge on any atom is -0.472 e. The average molecular weight is 337 g/mol. The molecule has 0 bridgehead atoms. The van der Waals surface area contributed by atoms with Crippen LogP contribution in [0.3, 0.4) is 0 Å². The zero-order valence-corrected chi connectivity index (χ0v) is 13.8. The number of carbonyl (C=O) groups excluding carboxylic acids is 1. The smallest absolute Gasteiger partial charge is 0.319 e. The standard InChI is InChI=1S/C15H19N3O2S2/c19-15(17-14-2-1-7-22-14)16-10-13(12-3-6-20-11-12)18-4-8-21-9-5-18/h1-3,6-7,11,13H,4-5,8-10H2,(H2,16,17,19). The first-order valence-electron chi connectivity index (χ1n) is 7.25. The van der Waals surface area contributed by atoms with Crippen LogP contribution in [-0.2, 0) is 0 Å². The summed E-state index contributed by atoms with van der Waals surface area (Å²) < 4.78 is 5.22. The lowest BCUT2D eigenvalue weighted by atomic mass is 10.1. The van der Waals surface area contributed by atoms with Crippen LogP contribution in [0.25, 0.3) is 0 Å². The lowest BCUT2D eigenvalue weighted by molar-refractivity contribution is 0.208. The van der Waals surface area contributed by atoms with Gasteiger partial charge < -0.3 is 9.73 Å². The molecule has 1 aliphatic heterocycles. The number of thioether (sulfide) groups is 1. The van der Waals surface area contributed by atoms with Gasteiger partial charge in [-0.05, 0) is 23.6 Å². The molecule has 0 aliphatic carbocycles.